The molecule has 7 nitrogen and oxygen atoms in total. The van der Waals surface area contributed by atoms with Crippen molar-refractivity contribution >= 4 is 29.9 Å². The second kappa shape index (κ2) is 14.4. The van der Waals surface area contributed by atoms with Crippen molar-refractivity contribution in [1.82, 2.24) is 15.5 Å². The number of nitrogens with zero attached hydrogens (tertiary/aromatic N) is 2. The molecule has 1 aromatic carbocycles. The molecule has 0 unspecified atom stereocenters. The van der Waals surface area contributed by atoms with E-state index in [0.717, 1.165) is 63.7 Å². The third-order valence-electron chi connectivity index (χ3n) is 5.25. The van der Waals surface area contributed by atoms with E-state index in [-0.39, 0.29) is 30.1 Å². The second-order valence-electron chi connectivity index (χ2n) is 7.66. The van der Waals surface area contributed by atoms with Crippen LogP contribution in [0.3, 0.4) is 0 Å². The molecular formula is C23H35IN4O3. The van der Waals surface area contributed by atoms with E-state index >= 15 is 0 Å². The number of ether oxygens (including phenoxy) is 1. The van der Waals surface area contributed by atoms with Gasteiger partial charge >= 0.3 is 0 Å². The van der Waals surface area contributed by atoms with Crippen LogP contribution in [0.2, 0.25) is 0 Å². The van der Waals surface area contributed by atoms with Crippen LogP contribution < -0.4 is 10.6 Å². The fraction of sp³-hybridized carbons (Fsp3) is 0.522. The molecule has 31 heavy (non-hydrogen) atoms. The van der Waals surface area contributed by atoms with Crippen LogP contribution in [0.4, 0.5) is 0 Å². The van der Waals surface area contributed by atoms with E-state index in [4.69, 9.17) is 9.15 Å². The van der Waals surface area contributed by atoms with Crippen molar-refractivity contribution in [3.63, 3.8) is 0 Å². The van der Waals surface area contributed by atoms with Gasteiger partial charge in [0.2, 0.25) is 0 Å². The number of furan rings is 1. The molecular weight excluding hydrogens is 507 g/mol. The van der Waals surface area contributed by atoms with Gasteiger partial charge in [0.1, 0.15) is 12.4 Å². The minimum atomic E-state index is -0.119. The zero-order valence-electron chi connectivity index (χ0n) is 18.3. The SMILES string of the molecule is CN=C(NCCCOCc1ccco1)NCc1ccc(CN2CCC(O)CC2)cc1.I. The topological polar surface area (TPSA) is 82.3 Å². The number of halogens is 1. The molecule has 0 atom stereocenters. The highest BCUT2D eigenvalue weighted by atomic mass is 127. The van der Waals surface area contributed by atoms with Crippen molar-refractivity contribution in [2.24, 2.45) is 4.99 Å². The minimum Gasteiger partial charge on any atom is -0.467 e. The van der Waals surface area contributed by atoms with Crippen molar-refractivity contribution in [2.45, 2.75) is 45.1 Å². The third kappa shape index (κ3) is 9.59. The number of benzene rings is 1. The summed E-state index contributed by atoms with van der Waals surface area (Å²) >= 11 is 0. The summed E-state index contributed by atoms with van der Waals surface area (Å²) in [6.45, 7) is 5.59. The zero-order chi connectivity index (χ0) is 21.0. The van der Waals surface area contributed by atoms with Crippen LogP contribution in [0.1, 0.15) is 36.1 Å². The highest BCUT2D eigenvalue weighted by Gasteiger charge is 2.16. The van der Waals surface area contributed by atoms with E-state index in [9.17, 15) is 5.11 Å². The monoisotopic (exact) mass is 542 g/mol. The molecule has 1 aliphatic rings. The molecule has 0 bridgehead atoms. The Morgan fingerprint density at radius 1 is 1.16 bits per heavy atom. The smallest absolute Gasteiger partial charge is 0.191 e. The summed E-state index contributed by atoms with van der Waals surface area (Å²) in [4.78, 5) is 6.68. The number of rotatable bonds is 10. The molecule has 1 saturated heterocycles. The number of likely N-dealkylation sites (tertiary alicyclic amines) is 1. The molecule has 0 saturated carbocycles. The Balaban J connectivity index is 0.00000341. The van der Waals surface area contributed by atoms with Gasteiger partial charge in [0.05, 0.1) is 12.4 Å². The lowest BCUT2D eigenvalue weighted by atomic mass is 10.1. The largest absolute Gasteiger partial charge is 0.467 e. The quantitative estimate of drug-likeness (QED) is 0.185. The Bertz CT molecular complexity index is 745. The van der Waals surface area contributed by atoms with Crippen molar-refractivity contribution in [1.29, 1.82) is 0 Å². The first kappa shape index (κ1) is 25.6. The van der Waals surface area contributed by atoms with E-state index in [0.29, 0.717) is 13.2 Å². The summed E-state index contributed by atoms with van der Waals surface area (Å²) in [6.07, 6.45) is 4.19. The summed E-state index contributed by atoms with van der Waals surface area (Å²) < 4.78 is 10.8. The summed E-state index contributed by atoms with van der Waals surface area (Å²) in [5.41, 5.74) is 2.53. The molecule has 172 valence electrons. The number of aliphatic imine (C=N–C) groups is 1. The van der Waals surface area contributed by atoms with Gasteiger partial charge in [-0.05, 0) is 42.5 Å². The van der Waals surface area contributed by atoms with Gasteiger partial charge in [-0.2, -0.15) is 0 Å². The number of hydrogen-bond donors (Lipinski definition) is 3. The number of guanidine groups is 1. The lowest BCUT2D eigenvalue weighted by Crippen LogP contribution is -2.37. The summed E-state index contributed by atoms with van der Waals surface area (Å²) in [5, 5.41) is 16.3. The number of piperidine rings is 1. The fourth-order valence-electron chi connectivity index (χ4n) is 3.45. The first-order valence-electron chi connectivity index (χ1n) is 10.8. The van der Waals surface area contributed by atoms with Crippen LogP contribution in [-0.2, 0) is 24.4 Å². The van der Waals surface area contributed by atoms with Crippen LogP contribution in [0.15, 0.2) is 52.1 Å². The van der Waals surface area contributed by atoms with Gasteiger partial charge < -0.3 is 24.9 Å². The van der Waals surface area contributed by atoms with Crippen molar-refractivity contribution in [2.75, 3.05) is 33.3 Å². The number of nitrogens with one attached hydrogen (secondary N) is 2. The molecule has 2 aromatic rings. The lowest BCUT2D eigenvalue weighted by molar-refractivity contribution is 0.0792. The Hall–Kier alpha value is -1.62. The standard InChI is InChI=1S/C23H34N4O3.HI/c1-24-23(25-11-3-14-29-18-22-4-2-15-30-22)26-16-19-5-7-20(8-6-19)17-27-12-9-21(28)10-13-27;/h2,4-8,15,21,28H,3,9-14,16-18H2,1H3,(H2,24,25,26);1H. The van der Waals surface area contributed by atoms with Crippen LogP contribution in [0, 0.1) is 0 Å². The molecule has 2 heterocycles. The maximum Gasteiger partial charge on any atom is 0.191 e. The molecule has 3 rings (SSSR count). The van der Waals surface area contributed by atoms with E-state index in [1.165, 1.54) is 11.1 Å². The average molecular weight is 542 g/mol. The molecule has 1 aliphatic heterocycles. The average Bonchev–Trinajstić information content (AvgIpc) is 3.29. The van der Waals surface area contributed by atoms with Crippen LogP contribution in [0.25, 0.3) is 0 Å². The van der Waals surface area contributed by atoms with Crippen LogP contribution in [0.5, 0.6) is 0 Å². The second-order valence-corrected chi connectivity index (χ2v) is 7.66. The van der Waals surface area contributed by atoms with Gasteiger partial charge in [-0.1, -0.05) is 24.3 Å². The minimum absolute atomic E-state index is 0. The summed E-state index contributed by atoms with van der Waals surface area (Å²) in [7, 11) is 1.78. The molecule has 0 spiro atoms. The van der Waals surface area contributed by atoms with E-state index in [1.54, 1.807) is 13.3 Å². The normalized spacial score (nSPS) is 15.5. The van der Waals surface area contributed by atoms with Crippen molar-refractivity contribution in [3.05, 3.63) is 59.5 Å². The molecule has 8 heteroatoms. The highest BCUT2D eigenvalue weighted by molar-refractivity contribution is 14.0. The third-order valence-corrected chi connectivity index (χ3v) is 5.25. The Morgan fingerprint density at radius 3 is 2.58 bits per heavy atom. The van der Waals surface area contributed by atoms with Crippen LogP contribution >= 0.6 is 24.0 Å². The Kier molecular flexibility index (Phi) is 11.9. The molecule has 0 amide bonds. The van der Waals surface area contributed by atoms with E-state index < -0.39 is 0 Å². The number of aliphatic hydroxyl groups excluding tert-OH is 1. The van der Waals surface area contributed by atoms with Gasteiger partial charge in [0.25, 0.3) is 0 Å². The molecule has 1 fully saturated rings. The molecule has 3 N–H and O–H groups in total. The predicted molar refractivity (Wildman–Crippen MR) is 134 cm³/mol. The molecule has 1 aromatic heterocycles. The van der Waals surface area contributed by atoms with Gasteiger partial charge in [-0.25, -0.2) is 0 Å². The predicted octanol–water partition coefficient (Wildman–Crippen LogP) is 3.13. The zero-order valence-corrected chi connectivity index (χ0v) is 20.6. The maximum absolute atomic E-state index is 9.62. The van der Waals surface area contributed by atoms with E-state index in [1.807, 2.05) is 12.1 Å². The van der Waals surface area contributed by atoms with Crippen LogP contribution in [-0.4, -0.2) is 55.4 Å². The highest BCUT2D eigenvalue weighted by Crippen LogP contribution is 2.14. The van der Waals surface area contributed by atoms with Gasteiger partial charge in [-0.15, -0.1) is 24.0 Å². The summed E-state index contributed by atoms with van der Waals surface area (Å²) in [5.74, 6) is 1.64. The van der Waals surface area contributed by atoms with Crippen molar-refractivity contribution in [3.8, 4) is 0 Å². The van der Waals surface area contributed by atoms with Gasteiger partial charge in [-0.3, -0.25) is 9.89 Å². The first-order chi connectivity index (χ1) is 14.7. The summed E-state index contributed by atoms with van der Waals surface area (Å²) in [6, 6.07) is 12.5. The van der Waals surface area contributed by atoms with E-state index in [2.05, 4.69) is 44.8 Å². The first-order valence-corrected chi connectivity index (χ1v) is 10.8. The molecule has 0 aliphatic carbocycles. The number of hydrogen-bond acceptors (Lipinski definition) is 5. The lowest BCUT2D eigenvalue weighted by Gasteiger charge is -2.29. The van der Waals surface area contributed by atoms with Gasteiger partial charge in [0.15, 0.2) is 5.96 Å². The Labute approximate surface area is 202 Å². The Morgan fingerprint density at radius 2 is 1.90 bits per heavy atom. The maximum atomic E-state index is 9.62. The van der Waals surface area contributed by atoms with Gasteiger partial charge in [0, 0.05) is 46.4 Å². The fourth-order valence-corrected chi connectivity index (χ4v) is 3.45. The van der Waals surface area contributed by atoms with Crippen molar-refractivity contribution < 1.29 is 14.3 Å². The molecule has 0 radical (unpaired) electrons. The number of aliphatic hydroxyl groups is 1.